The maximum atomic E-state index is 12.3. The molecule has 1 atom stereocenters. The van der Waals surface area contributed by atoms with Crippen LogP contribution in [0.1, 0.15) is 10.4 Å². The lowest BCUT2D eigenvalue weighted by molar-refractivity contribution is 0.0950. The van der Waals surface area contributed by atoms with Crippen molar-refractivity contribution in [2.45, 2.75) is 14.1 Å². The van der Waals surface area contributed by atoms with Crippen molar-refractivity contribution in [2.24, 2.45) is 0 Å². The van der Waals surface area contributed by atoms with E-state index in [4.69, 9.17) is 34.8 Å². The van der Waals surface area contributed by atoms with Gasteiger partial charge in [0.05, 0.1) is 0 Å². The van der Waals surface area contributed by atoms with Crippen molar-refractivity contribution in [3.05, 3.63) is 64.6 Å². The Balaban J connectivity index is 2.13. The lowest BCUT2D eigenvalue weighted by Gasteiger charge is -2.25. The number of halogens is 4. The van der Waals surface area contributed by atoms with Crippen LogP contribution in [0.5, 0.6) is 0 Å². The fourth-order valence-corrected chi connectivity index (χ4v) is 3.33. The molecule has 0 bridgehead atoms. The number of nitrogens with one attached hydrogen (secondary N) is 1. The van der Waals surface area contributed by atoms with Crippen molar-refractivity contribution < 1.29 is 4.79 Å². The summed E-state index contributed by atoms with van der Waals surface area (Å²) in [6.07, 6.45) is 0. The van der Waals surface area contributed by atoms with Gasteiger partial charge in [-0.1, -0.05) is 80.7 Å². The van der Waals surface area contributed by atoms with Gasteiger partial charge in [-0.15, -0.1) is 0 Å². The zero-order chi connectivity index (χ0) is 16.2. The molecule has 22 heavy (non-hydrogen) atoms. The number of carbonyl (C=O) groups excluding carboxylic acids is 1. The number of thioether (sulfide) groups is 1. The lowest BCUT2D eigenvalue weighted by Crippen LogP contribution is -2.41. The molecule has 0 aliphatic rings. The molecule has 116 valence electrons. The highest BCUT2D eigenvalue weighted by Gasteiger charge is 2.35. The zero-order valence-corrected chi connectivity index (χ0v) is 15.8. The fourth-order valence-electron chi connectivity index (χ4n) is 1.62. The molecule has 0 aliphatic carbocycles. The molecule has 2 rings (SSSR count). The van der Waals surface area contributed by atoms with Crippen LogP contribution in [0.15, 0.2) is 64.0 Å². The third-order valence-electron chi connectivity index (χ3n) is 2.66. The summed E-state index contributed by atoms with van der Waals surface area (Å²) >= 11 is 22.6. The monoisotopic (exact) mass is 437 g/mol. The minimum absolute atomic E-state index is 0.299. The summed E-state index contributed by atoms with van der Waals surface area (Å²) in [5.41, 5.74) is 0.496. The smallest absolute Gasteiger partial charge is 0.252 e. The van der Waals surface area contributed by atoms with Gasteiger partial charge in [-0.25, -0.2) is 0 Å². The fraction of sp³-hybridized carbons (Fsp3) is 0.133. The van der Waals surface area contributed by atoms with Crippen LogP contribution in [0.4, 0.5) is 0 Å². The summed E-state index contributed by atoms with van der Waals surface area (Å²) in [5, 5.41) is 2.04. The maximum absolute atomic E-state index is 12.3. The zero-order valence-electron chi connectivity index (χ0n) is 11.1. The molecule has 2 aromatic rings. The molecule has 0 saturated carbocycles. The Labute approximate surface area is 156 Å². The quantitative estimate of drug-likeness (QED) is 0.378. The predicted molar refractivity (Wildman–Crippen MR) is 98.0 cm³/mol. The van der Waals surface area contributed by atoms with Crippen LogP contribution in [0.3, 0.4) is 0 Å². The van der Waals surface area contributed by atoms with Gasteiger partial charge in [0.1, 0.15) is 5.37 Å². The van der Waals surface area contributed by atoms with E-state index in [2.05, 4.69) is 21.2 Å². The Morgan fingerprint density at radius 3 is 2.18 bits per heavy atom. The van der Waals surface area contributed by atoms with Crippen LogP contribution in [-0.4, -0.2) is 15.1 Å². The molecule has 0 aromatic heterocycles. The third kappa shape index (κ3) is 5.36. The van der Waals surface area contributed by atoms with Crippen molar-refractivity contribution in [3.63, 3.8) is 0 Å². The molecule has 0 saturated heterocycles. The van der Waals surface area contributed by atoms with Crippen molar-refractivity contribution in [1.82, 2.24) is 5.32 Å². The van der Waals surface area contributed by atoms with E-state index in [9.17, 15) is 4.79 Å². The Morgan fingerprint density at radius 2 is 1.64 bits per heavy atom. The second-order valence-corrected chi connectivity index (χ2v) is 8.80. The summed E-state index contributed by atoms with van der Waals surface area (Å²) in [4.78, 5) is 13.2. The molecule has 1 N–H and O–H groups in total. The number of benzene rings is 2. The molecular formula is C15H11BrCl3NOS. The van der Waals surface area contributed by atoms with Crippen LogP contribution in [0.25, 0.3) is 0 Å². The van der Waals surface area contributed by atoms with Gasteiger partial charge >= 0.3 is 0 Å². The molecule has 0 aliphatic heterocycles. The molecule has 0 spiro atoms. The Kier molecular flexibility index (Phi) is 6.47. The summed E-state index contributed by atoms with van der Waals surface area (Å²) in [6, 6.07) is 16.4. The van der Waals surface area contributed by atoms with Gasteiger partial charge in [0, 0.05) is 14.9 Å². The van der Waals surface area contributed by atoms with E-state index in [1.54, 1.807) is 24.3 Å². The Bertz CT molecular complexity index is 631. The van der Waals surface area contributed by atoms with E-state index in [-0.39, 0.29) is 5.91 Å². The first-order chi connectivity index (χ1) is 10.4. The van der Waals surface area contributed by atoms with Gasteiger partial charge in [-0.05, 0) is 36.4 Å². The van der Waals surface area contributed by atoms with Crippen LogP contribution >= 0.6 is 62.5 Å². The normalized spacial score (nSPS) is 12.7. The number of amides is 1. The van der Waals surface area contributed by atoms with Crippen LogP contribution in [0, 0.1) is 0 Å². The number of hydrogen-bond donors (Lipinski definition) is 1. The highest BCUT2D eigenvalue weighted by molar-refractivity contribution is 9.10. The first-order valence-corrected chi connectivity index (χ1v) is 9.02. The lowest BCUT2D eigenvalue weighted by atomic mass is 10.2. The molecule has 0 fully saturated rings. The van der Waals surface area contributed by atoms with E-state index in [1.165, 1.54) is 11.8 Å². The van der Waals surface area contributed by atoms with Crippen molar-refractivity contribution >= 4 is 68.4 Å². The molecular weight excluding hydrogens is 429 g/mol. The topological polar surface area (TPSA) is 29.1 Å². The molecule has 1 amide bonds. The van der Waals surface area contributed by atoms with E-state index in [0.29, 0.717) is 5.56 Å². The predicted octanol–water partition coefficient (Wildman–Crippen LogP) is 5.67. The van der Waals surface area contributed by atoms with Crippen LogP contribution < -0.4 is 5.32 Å². The summed E-state index contributed by atoms with van der Waals surface area (Å²) in [5.74, 6) is -0.299. The van der Waals surface area contributed by atoms with Gasteiger partial charge in [-0.2, -0.15) is 0 Å². The first kappa shape index (κ1) is 18.0. The van der Waals surface area contributed by atoms with E-state index < -0.39 is 9.17 Å². The number of alkyl halides is 3. The molecule has 2 aromatic carbocycles. The van der Waals surface area contributed by atoms with Crippen LogP contribution in [0.2, 0.25) is 0 Å². The SMILES string of the molecule is O=C(NC(Sc1ccccc1)C(Cl)(Cl)Cl)c1ccc(Br)cc1. The summed E-state index contributed by atoms with van der Waals surface area (Å²) in [6.45, 7) is 0. The van der Waals surface area contributed by atoms with Gasteiger partial charge in [0.25, 0.3) is 5.91 Å². The average Bonchev–Trinajstić information content (AvgIpc) is 2.47. The molecule has 7 heteroatoms. The van der Waals surface area contributed by atoms with Gasteiger partial charge < -0.3 is 5.32 Å². The molecule has 2 nitrogen and oxygen atoms in total. The first-order valence-electron chi connectivity index (χ1n) is 6.21. The largest absolute Gasteiger partial charge is 0.336 e. The van der Waals surface area contributed by atoms with Gasteiger partial charge in [0.2, 0.25) is 3.79 Å². The van der Waals surface area contributed by atoms with Crippen LogP contribution in [-0.2, 0) is 0 Å². The average molecular weight is 440 g/mol. The van der Waals surface area contributed by atoms with Crippen molar-refractivity contribution in [1.29, 1.82) is 0 Å². The minimum Gasteiger partial charge on any atom is -0.336 e. The molecule has 1 unspecified atom stereocenters. The standard InChI is InChI=1S/C15H11BrCl3NOS/c16-11-8-6-10(7-9-11)13(21)20-14(15(17,18)19)22-12-4-2-1-3-5-12/h1-9,14H,(H,20,21). The third-order valence-corrected chi connectivity index (χ3v) is 5.49. The maximum Gasteiger partial charge on any atom is 0.252 e. The molecule has 0 heterocycles. The van der Waals surface area contributed by atoms with E-state index in [1.807, 2.05) is 30.3 Å². The summed E-state index contributed by atoms with van der Waals surface area (Å²) < 4.78 is -0.744. The van der Waals surface area contributed by atoms with Crippen molar-refractivity contribution in [2.75, 3.05) is 0 Å². The highest BCUT2D eigenvalue weighted by Crippen LogP contribution is 2.39. The van der Waals surface area contributed by atoms with Crippen molar-refractivity contribution in [3.8, 4) is 0 Å². The second kappa shape index (κ2) is 7.93. The number of hydrogen-bond acceptors (Lipinski definition) is 2. The Morgan fingerprint density at radius 1 is 1.05 bits per heavy atom. The number of carbonyl (C=O) groups is 1. The molecule has 0 radical (unpaired) electrons. The van der Waals surface area contributed by atoms with Gasteiger partial charge in [0.15, 0.2) is 0 Å². The Hall–Kier alpha value is -0.390. The number of rotatable bonds is 4. The summed E-state index contributed by atoms with van der Waals surface area (Å²) in [7, 11) is 0. The minimum atomic E-state index is -1.63. The van der Waals surface area contributed by atoms with E-state index in [0.717, 1.165) is 9.37 Å². The highest BCUT2D eigenvalue weighted by atomic mass is 79.9. The second-order valence-electron chi connectivity index (χ2n) is 4.33. The van der Waals surface area contributed by atoms with Gasteiger partial charge in [-0.3, -0.25) is 4.79 Å². The van der Waals surface area contributed by atoms with E-state index >= 15 is 0 Å².